The first-order chi connectivity index (χ1) is 9.58. The Kier molecular flexibility index (Phi) is 5.65. The molecule has 2 rings (SSSR count). The number of hydrogen-bond acceptors (Lipinski definition) is 2. The molecule has 1 atom stereocenters. The van der Waals surface area contributed by atoms with Crippen molar-refractivity contribution in [3.05, 3.63) is 34.3 Å². The van der Waals surface area contributed by atoms with Gasteiger partial charge in [0, 0.05) is 29.1 Å². The monoisotopic (exact) mass is 338 g/mol. The van der Waals surface area contributed by atoms with Crippen molar-refractivity contribution in [2.24, 2.45) is 0 Å². The van der Waals surface area contributed by atoms with Gasteiger partial charge in [-0.15, -0.1) is 0 Å². The molecule has 1 aromatic rings. The Bertz CT molecular complexity index is 429. The van der Waals surface area contributed by atoms with Crippen molar-refractivity contribution < 1.29 is 0 Å². The molecule has 1 aromatic carbocycles. The maximum absolute atomic E-state index is 3.80. The van der Waals surface area contributed by atoms with E-state index in [1.54, 1.807) is 0 Å². The van der Waals surface area contributed by atoms with Crippen molar-refractivity contribution in [1.29, 1.82) is 0 Å². The zero-order valence-electron chi connectivity index (χ0n) is 13.0. The van der Waals surface area contributed by atoms with Crippen molar-refractivity contribution >= 4 is 15.9 Å². The highest BCUT2D eigenvalue weighted by Gasteiger charge is 2.32. The Balaban J connectivity index is 2.14. The molecule has 0 amide bonds. The van der Waals surface area contributed by atoms with Crippen LogP contribution in [0.15, 0.2) is 28.7 Å². The van der Waals surface area contributed by atoms with Crippen LogP contribution >= 0.6 is 15.9 Å². The molecule has 0 radical (unpaired) electrons. The minimum Gasteiger partial charge on any atom is -0.310 e. The second kappa shape index (κ2) is 7.06. The van der Waals surface area contributed by atoms with E-state index in [9.17, 15) is 0 Å². The maximum atomic E-state index is 3.80. The molecule has 1 unspecified atom stereocenters. The van der Waals surface area contributed by atoms with Crippen molar-refractivity contribution in [2.45, 2.75) is 58.2 Å². The van der Waals surface area contributed by atoms with Crippen LogP contribution in [-0.2, 0) is 6.54 Å². The average Bonchev–Trinajstić information content (AvgIpc) is 2.59. The molecule has 112 valence electrons. The van der Waals surface area contributed by atoms with Crippen LogP contribution in [0.2, 0.25) is 0 Å². The van der Waals surface area contributed by atoms with E-state index in [1.165, 1.54) is 29.3 Å². The fourth-order valence-electron chi connectivity index (χ4n) is 3.13. The Hall–Kier alpha value is -0.380. The third kappa shape index (κ3) is 3.84. The lowest BCUT2D eigenvalue weighted by atomic mass is 9.92. The summed E-state index contributed by atoms with van der Waals surface area (Å²) in [6.07, 6.45) is 3.63. The SMILES string of the molecule is CCC1(CC)CN(Cc2cccc(Br)c2)C(C)CCN1. The molecule has 0 spiro atoms. The fraction of sp³-hybridized carbons (Fsp3) is 0.647. The maximum Gasteiger partial charge on any atom is 0.0303 e. The summed E-state index contributed by atoms with van der Waals surface area (Å²) in [6.45, 7) is 10.3. The van der Waals surface area contributed by atoms with Crippen LogP contribution in [0.25, 0.3) is 0 Å². The summed E-state index contributed by atoms with van der Waals surface area (Å²) in [7, 11) is 0. The van der Waals surface area contributed by atoms with E-state index in [0.717, 1.165) is 19.6 Å². The minimum atomic E-state index is 0.288. The normalized spacial score (nSPS) is 23.5. The molecule has 3 heteroatoms. The summed E-state index contributed by atoms with van der Waals surface area (Å²) in [5.41, 5.74) is 1.69. The summed E-state index contributed by atoms with van der Waals surface area (Å²) >= 11 is 3.58. The van der Waals surface area contributed by atoms with Crippen LogP contribution < -0.4 is 5.32 Å². The van der Waals surface area contributed by atoms with E-state index in [2.05, 4.69) is 71.2 Å². The topological polar surface area (TPSA) is 15.3 Å². The van der Waals surface area contributed by atoms with E-state index >= 15 is 0 Å². The van der Waals surface area contributed by atoms with E-state index in [1.807, 2.05) is 0 Å². The van der Waals surface area contributed by atoms with Gasteiger partial charge in [0.1, 0.15) is 0 Å². The number of nitrogens with one attached hydrogen (secondary N) is 1. The second-order valence-corrected chi connectivity index (χ2v) is 7.00. The van der Waals surface area contributed by atoms with E-state index < -0.39 is 0 Å². The predicted octanol–water partition coefficient (Wildman–Crippen LogP) is 4.19. The first-order valence-electron chi connectivity index (χ1n) is 7.82. The second-order valence-electron chi connectivity index (χ2n) is 6.09. The largest absolute Gasteiger partial charge is 0.310 e. The van der Waals surface area contributed by atoms with Crippen LogP contribution in [0, 0.1) is 0 Å². The van der Waals surface area contributed by atoms with Gasteiger partial charge in [-0.3, -0.25) is 4.90 Å². The summed E-state index contributed by atoms with van der Waals surface area (Å²) in [6, 6.07) is 9.34. The molecule has 20 heavy (non-hydrogen) atoms. The first kappa shape index (κ1) is 16.0. The van der Waals surface area contributed by atoms with Gasteiger partial charge in [0.25, 0.3) is 0 Å². The summed E-state index contributed by atoms with van der Waals surface area (Å²) in [4.78, 5) is 2.65. The van der Waals surface area contributed by atoms with Crippen molar-refractivity contribution in [1.82, 2.24) is 10.2 Å². The quantitative estimate of drug-likeness (QED) is 0.885. The Labute approximate surface area is 132 Å². The number of rotatable bonds is 4. The standard InChI is InChI=1S/C17H27BrN2/c1-4-17(5-2)13-20(14(3)9-10-19-17)12-15-7-6-8-16(18)11-15/h6-8,11,14,19H,4-5,9-10,12-13H2,1-3H3. The average molecular weight is 339 g/mol. The summed E-state index contributed by atoms with van der Waals surface area (Å²) in [5.74, 6) is 0. The molecular formula is C17H27BrN2. The van der Waals surface area contributed by atoms with Gasteiger partial charge in [-0.1, -0.05) is 41.9 Å². The number of hydrogen-bond donors (Lipinski definition) is 1. The van der Waals surface area contributed by atoms with Gasteiger partial charge in [0.2, 0.25) is 0 Å². The van der Waals surface area contributed by atoms with Gasteiger partial charge in [-0.05, 0) is 50.4 Å². The number of benzene rings is 1. The highest BCUT2D eigenvalue weighted by Crippen LogP contribution is 2.24. The molecule has 1 N–H and O–H groups in total. The Morgan fingerprint density at radius 3 is 2.75 bits per heavy atom. The van der Waals surface area contributed by atoms with Gasteiger partial charge in [0.15, 0.2) is 0 Å². The number of nitrogens with zero attached hydrogens (tertiary/aromatic N) is 1. The van der Waals surface area contributed by atoms with Gasteiger partial charge in [-0.2, -0.15) is 0 Å². The van der Waals surface area contributed by atoms with Crippen LogP contribution in [0.5, 0.6) is 0 Å². The van der Waals surface area contributed by atoms with Gasteiger partial charge < -0.3 is 5.32 Å². The summed E-state index contributed by atoms with van der Waals surface area (Å²) in [5, 5.41) is 3.80. The van der Waals surface area contributed by atoms with Gasteiger partial charge >= 0.3 is 0 Å². The molecule has 1 saturated heterocycles. The molecular weight excluding hydrogens is 312 g/mol. The molecule has 0 aromatic heterocycles. The van der Waals surface area contributed by atoms with Crippen LogP contribution in [0.3, 0.4) is 0 Å². The third-order valence-corrected chi connectivity index (χ3v) is 5.31. The van der Waals surface area contributed by atoms with Crippen LogP contribution in [0.4, 0.5) is 0 Å². The highest BCUT2D eigenvalue weighted by atomic mass is 79.9. The van der Waals surface area contributed by atoms with Crippen LogP contribution in [0.1, 0.15) is 45.6 Å². The Morgan fingerprint density at radius 2 is 2.10 bits per heavy atom. The van der Waals surface area contributed by atoms with Crippen molar-refractivity contribution in [3.63, 3.8) is 0 Å². The van der Waals surface area contributed by atoms with E-state index in [4.69, 9.17) is 0 Å². The van der Waals surface area contributed by atoms with Crippen molar-refractivity contribution in [3.8, 4) is 0 Å². The zero-order valence-corrected chi connectivity index (χ0v) is 14.5. The van der Waals surface area contributed by atoms with Gasteiger partial charge in [-0.25, -0.2) is 0 Å². The molecule has 1 fully saturated rings. The van der Waals surface area contributed by atoms with Crippen molar-refractivity contribution in [2.75, 3.05) is 13.1 Å². The molecule has 0 saturated carbocycles. The van der Waals surface area contributed by atoms with Crippen LogP contribution in [-0.4, -0.2) is 29.6 Å². The molecule has 2 nitrogen and oxygen atoms in total. The number of halogens is 1. The fourth-order valence-corrected chi connectivity index (χ4v) is 3.58. The molecule has 1 heterocycles. The van der Waals surface area contributed by atoms with E-state index in [-0.39, 0.29) is 5.54 Å². The smallest absolute Gasteiger partial charge is 0.0303 e. The lowest BCUT2D eigenvalue weighted by Crippen LogP contribution is -2.51. The summed E-state index contributed by atoms with van der Waals surface area (Å²) < 4.78 is 1.17. The van der Waals surface area contributed by atoms with Gasteiger partial charge in [0.05, 0.1) is 0 Å². The third-order valence-electron chi connectivity index (χ3n) is 4.82. The predicted molar refractivity (Wildman–Crippen MR) is 89.9 cm³/mol. The first-order valence-corrected chi connectivity index (χ1v) is 8.61. The molecule has 1 aliphatic rings. The minimum absolute atomic E-state index is 0.288. The zero-order chi connectivity index (χ0) is 14.6. The van der Waals surface area contributed by atoms with E-state index in [0.29, 0.717) is 6.04 Å². The molecule has 0 aliphatic carbocycles. The molecule has 0 bridgehead atoms. The molecule has 1 aliphatic heterocycles. The highest BCUT2D eigenvalue weighted by molar-refractivity contribution is 9.10. The lowest BCUT2D eigenvalue weighted by Gasteiger charge is -2.37. The Morgan fingerprint density at radius 1 is 1.35 bits per heavy atom. The lowest BCUT2D eigenvalue weighted by molar-refractivity contribution is 0.152.